The second-order valence-corrected chi connectivity index (χ2v) is 6.36. The lowest BCUT2D eigenvalue weighted by Crippen LogP contribution is -2.19. The molecule has 2 N–H and O–H groups in total. The first-order chi connectivity index (χ1) is 9.09. The molecule has 19 heavy (non-hydrogen) atoms. The van der Waals surface area contributed by atoms with Crippen LogP contribution < -0.4 is 5.73 Å². The van der Waals surface area contributed by atoms with Gasteiger partial charge in [-0.15, -0.1) is 5.10 Å². The highest BCUT2D eigenvalue weighted by atomic mass is 32.1. The standard InChI is InChI=1S/C14H24N4S/c1-10(2)8-9-12-13(14(15)19)16-17-18(12)11-6-4-3-5-7-11/h10-11H,3-9H2,1-2H3,(H2,15,19). The van der Waals surface area contributed by atoms with Gasteiger partial charge in [0.15, 0.2) is 0 Å². The minimum atomic E-state index is 0.376. The first kappa shape index (κ1) is 14.4. The molecule has 1 fully saturated rings. The largest absolute Gasteiger partial charge is 0.388 e. The van der Waals surface area contributed by atoms with E-state index in [9.17, 15) is 0 Å². The second kappa shape index (κ2) is 6.46. The first-order valence-corrected chi connectivity index (χ1v) is 7.74. The fourth-order valence-corrected chi connectivity index (χ4v) is 2.94. The van der Waals surface area contributed by atoms with Crippen molar-refractivity contribution >= 4 is 17.2 Å². The molecule has 0 spiro atoms. The lowest BCUT2D eigenvalue weighted by atomic mass is 9.95. The highest BCUT2D eigenvalue weighted by Crippen LogP contribution is 2.29. The summed E-state index contributed by atoms with van der Waals surface area (Å²) < 4.78 is 2.11. The lowest BCUT2D eigenvalue weighted by molar-refractivity contribution is 0.315. The molecule has 1 aliphatic carbocycles. The maximum Gasteiger partial charge on any atom is 0.143 e. The maximum atomic E-state index is 5.78. The topological polar surface area (TPSA) is 56.7 Å². The molecule has 1 saturated carbocycles. The van der Waals surface area contributed by atoms with Gasteiger partial charge in [0.1, 0.15) is 10.7 Å². The number of nitrogens with zero attached hydrogens (tertiary/aromatic N) is 3. The van der Waals surface area contributed by atoms with E-state index in [2.05, 4.69) is 28.8 Å². The van der Waals surface area contributed by atoms with E-state index in [1.165, 1.54) is 32.1 Å². The van der Waals surface area contributed by atoms with Crippen LogP contribution in [0, 0.1) is 5.92 Å². The van der Waals surface area contributed by atoms with Gasteiger partial charge >= 0.3 is 0 Å². The van der Waals surface area contributed by atoms with E-state index in [1.54, 1.807) is 0 Å². The molecule has 0 amide bonds. The van der Waals surface area contributed by atoms with Crippen molar-refractivity contribution in [3.05, 3.63) is 11.4 Å². The fraction of sp³-hybridized carbons (Fsp3) is 0.786. The minimum absolute atomic E-state index is 0.376. The van der Waals surface area contributed by atoms with Crippen LogP contribution in [-0.2, 0) is 6.42 Å². The van der Waals surface area contributed by atoms with E-state index < -0.39 is 0 Å². The van der Waals surface area contributed by atoms with Gasteiger partial charge in [0.2, 0.25) is 0 Å². The second-order valence-electron chi connectivity index (χ2n) is 5.92. The van der Waals surface area contributed by atoms with Gasteiger partial charge in [-0.05, 0) is 31.6 Å². The molecule has 1 aromatic rings. The van der Waals surface area contributed by atoms with Gasteiger partial charge in [0.25, 0.3) is 0 Å². The zero-order chi connectivity index (χ0) is 13.8. The molecular weight excluding hydrogens is 256 g/mol. The summed E-state index contributed by atoms with van der Waals surface area (Å²) in [5.41, 5.74) is 7.66. The van der Waals surface area contributed by atoms with Crippen molar-refractivity contribution in [3.63, 3.8) is 0 Å². The van der Waals surface area contributed by atoms with Crippen LogP contribution >= 0.6 is 12.2 Å². The number of rotatable bonds is 5. The Bertz CT molecular complexity index is 433. The van der Waals surface area contributed by atoms with Crippen molar-refractivity contribution in [1.82, 2.24) is 15.0 Å². The van der Waals surface area contributed by atoms with Crippen LogP contribution in [0.25, 0.3) is 0 Å². The molecule has 0 radical (unpaired) electrons. The quantitative estimate of drug-likeness (QED) is 0.842. The Morgan fingerprint density at radius 2 is 2.05 bits per heavy atom. The summed E-state index contributed by atoms with van der Waals surface area (Å²) in [6.07, 6.45) is 8.41. The van der Waals surface area contributed by atoms with E-state index in [0.29, 0.717) is 16.9 Å². The summed E-state index contributed by atoms with van der Waals surface area (Å²) in [4.78, 5) is 0.376. The monoisotopic (exact) mass is 280 g/mol. The number of hydrogen-bond acceptors (Lipinski definition) is 3. The van der Waals surface area contributed by atoms with Crippen molar-refractivity contribution < 1.29 is 0 Å². The van der Waals surface area contributed by atoms with Gasteiger partial charge in [-0.3, -0.25) is 0 Å². The Morgan fingerprint density at radius 1 is 1.37 bits per heavy atom. The third-order valence-electron chi connectivity index (χ3n) is 3.90. The summed E-state index contributed by atoms with van der Waals surface area (Å²) in [5.74, 6) is 0.661. The first-order valence-electron chi connectivity index (χ1n) is 7.33. The summed E-state index contributed by atoms with van der Waals surface area (Å²) >= 11 is 5.11. The van der Waals surface area contributed by atoms with Crippen LogP contribution in [0.2, 0.25) is 0 Å². The molecule has 0 atom stereocenters. The molecule has 0 aliphatic heterocycles. The molecule has 0 saturated heterocycles. The maximum absolute atomic E-state index is 5.78. The highest BCUT2D eigenvalue weighted by molar-refractivity contribution is 7.80. The van der Waals surface area contributed by atoms with Crippen LogP contribution in [0.15, 0.2) is 0 Å². The Labute approximate surface area is 120 Å². The Morgan fingerprint density at radius 3 is 2.63 bits per heavy atom. The lowest BCUT2D eigenvalue weighted by Gasteiger charge is -2.23. The van der Waals surface area contributed by atoms with E-state index in [1.807, 2.05) is 0 Å². The van der Waals surface area contributed by atoms with Crippen LogP contribution in [0.5, 0.6) is 0 Å². The molecule has 106 valence electrons. The Hall–Kier alpha value is -0.970. The summed E-state index contributed by atoms with van der Waals surface area (Å²) in [5, 5.41) is 8.55. The van der Waals surface area contributed by atoms with Gasteiger partial charge in [-0.25, -0.2) is 4.68 Å². The number of hydrogen-bond donors (Lipinski definition) is 1. The molecule has 0 aromatic carbocycles. The number of aromatic nitrogens is 3. The minimum Gasteiger partial charge on any atom is -0.388 e. The van der Waals surface area contributed by atoms with Crippen molar-refractivity contribution in [2.45, 2.75) is 64.8 Å². The van der Waals surface area contributed by atoms with E-state index >= 15 is 0 Å². The summed E-state index contributed by atoms with van der Waals surface area (Å²) in [6, 6.07) is 0.492. The predicted octanol–water partition coefficient (Wildman–Crippen LogP) is 3.01. The highest BCUT2D eigenvalue weighted by Gasteiger charge is 2.23. The van der Waals surface area contributed by atoms with Crippen LogP contribution in [0.4, 0.5) is 0 Å². The zero-order valence-electron chi connectivity index (χ0n) is 11.9. The Balaban J connectivity index is 2.23. The average molecular weight is 280 g/mol. The van der Waals surface area contributed by atoms with Crippen molar-refractivity contribution in [1.29, 1.82) is 0 Å². The number of nitrogens with two attached hydrogens (primary N) is 1. The van der Waals surface area contributed by atoms with Gasteiger partial charge < -0.3 is 5.73 Å². The molecule has 1 aliphatic rings. The molecule has 1 heterocycles. The predicted molar refractivity (Wildman–Crippen MR) is 81.2 cm³/mol. The smallest absolute Gasteiger partial charge is 0.143 e. The summed E-state index contributed by atoms with van der Waals surface area (Å²) in [6.45, 7) is 4.46. The van der Waals surface area contributed by atoms with Gasteiger partial charge in [0, 0.05) is 0 Å². The van der Waals surface area contributed by atoms with Crippen LogP contribution in [-0.4, -0.2) is 20.0 Å². The molecule has 0 unspecified atom stereocenters. The SMILES string of the molecule is CC(C)CCc1c(C(N)=S)nnn1C1CCCCC1. The third-order valence-corrected chi connectivity index (χ3v) is 4.10. The molecule has 1 aromatic heterocycles. The van der Waals surface area contributed by atoms with Crippen molar-refractivity contribution in [2.75, 3.05) is 0 Å². The van der Waals surface area contributed by atoms with Crippen molar-refractivity contribution in [2.24, 2.45) is 11.7 Å². The molecule has 2 rings (SSSR count). The molecule has 5 heteroatoms. The Kier molecular flexibility index (Phi) is 4.91. The molecular formula is C14H24N4S. The van der Waals surface area contributed by atoms with Gasteiger partial charge in [-0.2, -0.15) is 0 Å². The van der Waals surface area contributed by atoms with Gasteiger partial charge in [-0.1, -0.05) is 50.5 Å². The normalized spacial score (nSPS) is 17.0. The van der Waals surface area contributed by atoms with Crippen LogP contribution in [0.3, 0.4) is 0 Å². The van der Waals surface area contributed by atoms with E-state index in [0.717, 1.165) is 24.2 Å². The zero-order valence-corrected chi connectivity index (χ0v) is 12.7. The average Bonchev–Trinajstić information content (AvgIpc) is 2.81. The van der Waals surface area contributed by atoms with E-state index in [4.69, 9.17) is 18.0 Å². The molecule has 0 bridgehead atoms. The van der Waals surface area contributed by atoms with E-state index in [-0.39, 0.29) is 0 Å². The fourth-order valence-electron chi connectivity index (χ4n) is 2.78. The molecule has 4 nitrogen and oxygen atoms in total. The van der Waals surface area contributed by atoms with Crippen LogP contribution in [0.1, 0.15) is 69.8 Å². The van der Waals surface area contributed by atoms with Crippen molar-refractivity contribution in [3.8, 4) is 0 Å². The number of thiocarbonyl (C=S) groups is 1. The summed E-state index contributed by atoms with van der Waals surface area (Å²) in [7, 11) is 0. The third kappa shape index (κ3) is 3.53. The van der Waals surface area contributed by atoms with Gasteiger partial charge in [0.05, 0.1) is 11.7 Å².